The predicted molar refractivity (Wildman–Crippen MR) is 151 cm³/mol. The highest BCUT2D eigenvalue weighted by Crippen LogP contribution is 2.42. The van der Waals surface area contributed by atoms with Crippen LogP contribution in [0.2, 0.25) is 10.0 Å². The third kappa shape index (κ3) is 7.45. The smallest absolute Gasteiger partial charge is 0.178 e. The number of hydrogen-bond donors (Lipinski definition) is 4. The van der Waals surface area contributed by atoms with E-state index in [0.29, 0.717) is 23.1 Å². The molecule has 0 amide bonds. The first kappa shape index (κ1) is 30.9. The number of halogens is 4. The van der Waals surface area contributed by atoms with E-state index in [0.717, 1.165) is 24.8 Å². The summed E-state index contributed by atoms with van der Waals surface area (Å²) in [5.74, 6) is -1.47. The van der Waals surface area contributed by atoms with Crippen molar-refractivity contribution in [1.29, 1.82) is 5.41 Å². The summed E-state index contributed by atoms with van der Waals surface area (Å²) in [5, 5.41) is 26.4. The van der Waals surface area contributed by atoms with Gasteiger partial charge in [-0.15, -0.1) is 0 Å². The molecule has 0 saturated heterocycles. The number of ether oxygens (including phenoxy) is 2. The van der Waals surface area contributed by atoms with Gasteiger partial charge in [-0.3, -0.25) is 4.98 Å². The summed E-state index contributed by atoms with van der Waals surface area (Å²) < 4.78 is 41.4. The Morgan fingerprint density at radius 1 is 1.32 bits per heavy atom. The van der Waals surface area contributed by atoms with Gasteiger partial charge in [0, 0.05) is 48.8 Å². The fourth-order valence-corrected chi connectivity index (χ4v) is 4.50. The summed E-state index contributed by atoms with van der Waals surface area (Å²) in [4.78, 5) is 9.07. The van der Waals surface area contributed by atoms with E-state index in [-0.39, 0.29) is 41.1 Å². The van der Waals surface area contributed by atoms with Gasteiger partial charge in [0.15, 0.2) is 17.5 Å². The molecule has 0 radical (unpaired) electrons. The van der Waals surface area contributed by atoms with Gasteiger partial charge in [-0.1, -0.05) is 23.2 Å². The van der Waals surface area contributed by atoms with Crippen molar-refractivity contribution >= 4 is 35.0 Å². The molecule has 41 heavy (non-hydrogen) atoms. The first-order valence-electron chi connectivity index (χ1n) is 13.0. The van der Waals surface area contributed by atoms with Crippen LogP contribution in [-0.2, 0) is 9.47 Å². The fourth-order valence-electron chi connectivity index (χ4n) is 4.20. The van der Waals surface area contributed by atoms with E-state index < -0.39 is 30.1 Å². The Morgan fingerprint density at radius 3 is 2.76 bits per heavy atom. The lowest BCUT2D eigenvalue weighted by atomic mass is 10.1. The van der Waals surface area contributed by atoms with E-state index in [1.807, 2.05) is 6.92 Å². The highest BCUT2D eigenvalue weighted by atomic mass is 35.5. The van der Waals surface area contributed by atoms with Gasteiger partial charge in [0.05, 0.1) is 28.0 Å². The third-order valence-electron chi connectivity index (χ3n) is 6.29. The molecule has 0 spiro atoms. The van der Waals surface area contributed by atoms with Crippen LogP contribution in [0.1, 0.15) is 54.7 Å². The molecule has 1 aliphatic carbocycles. The maximum absolute atomic E-state index is 14.5. The Kier molecular flexibility index (Phi) is 10.4. The second-order valence-corrected chi connectivity index (χ2v) is 10.3. The lowest BCUT2D eigenvalue weighted by Crippen LogP contribution is -2.39. The van der Waals surface area contributed by atoms with Crippen molar-refractivity contribution in [1.82, 2.24) is 25.1 Å². The van der Waals surface area contributed by atoms with E-state index in [4.69, 9.17) is 43.8 Å². The van der Waals surface area contributed by atoms with Crippen molar-refractivity contribution in [2.75, 3.05) is 19.8 Å². The average Bonchev–Trinajstić information content (AvgIpc) is 3.72. The molecule has 0 aliphatic heterocycles. The van der Waals surface area contributed by atoms with E-state index in [1.54, 1.807) is 23.9 Å². The summed E-state index contributed by atoms with van der Waals surface area (Å²) in [7, 11) is 0. The summed E-state index contributed by atoms with van der Waals surface area (Å²) in [6.07, 6.45) is 2.38. The minimum absolute atomic E-state index is 0.0221. The molecule has 2 heterocycles. The summed E-state index contributed by atoms with van der Waals surface area (Å²) >= 11 is 11.9. The highest BCUT2D eigenvalue weighted by Gasteiger charge is 2.34. The van der Waals surface area contributed by atoms with Gasteiger partial charge in [-0.25, -0.2) is 18.4 Å². The number of nitrogens with one attached hydrogen (secondary N) is 2. The van der Waals surface area contributed by atoms with Gasteiger partial charge in [0.2, 0.25) is 0 Å². The van der Waals surface area contributed by atoms with Crippen molar-refractivity contribution in [2.24, 2.45) is 5.73 Å². The molecular formula is C27H31Cl2F2N7O3. The van der Waals surface area contributed by atoms with Crippen molar-refractivity contribution in [3.05, 3.63) is 75.2 Å². The number of aliphatic hydroxyl groups is 1. The number of aromatic nitrogens is 4. The van der Waals surface area contributed by atoms with Crippen LogP contribution in [0.3, 0.4) is 0 Å². The molecular weight excluding hydrogens is 579 g/mol. The molecule has 220 valence electrons. The van der Waals surface area contributed by atoms with Gasteiger partial charge in [-0.05, 0) is 44.9 Å². The van der Waals surface area contributed by atoms with Gasteiger partial charge in [-0.2, -0.15) is 5.10 Å². The van der Waals surface area contributed by atoms with Crippen LogP contribution in [-0.4, -0.2) is 63.2 Å². The Morgan fingerprint density at radius 2 is 2.07 bits per heavy atom. The molecule has 14 heteroatoms. The molecule has 1 aliphatic rings. The summed E-state index contributed by atoms with van der Waals surface area (Å²) in [6.45, 7) is 3.85. The maximum Gasteiger partial charge on any atom is 0.178 e. The van der Waals surface area contributed by atoms with E-state index in [1.165, 1.54) is 18.3 Å². The summed E-state index contributed by atoms with van der Waals surface area (Å²) in [6, 6.07) is 4.19. The van der Waals surface area contributed by atoms with Crippen LogP contribution in [0.15, 0.2) is 30.6 Å². The van der Waals surface area contributed by atoms with Crippen molar-refractivity contribution in [3.8, 4) is 5.69 Å². The maximum atomic E-state index is 14.5. The second-order valence-electron chi connectivity index (χ2n) is 9.46. The Bertz CT molecular complexity index is 1420. The zero-order valence-electron chi connectivity index (χ0n) is 22.5. The Hall–Kier alpha value is -3.00. The van der Waals surface area contributed by atoms with E-state index in [9.17, 15) is 13.9 Å². The number of aryl methyl sites for hydroxylation is 1. The van der Waals surface area contributed by atoms with Gasteiger partial charge in [0.1, 0.15) is 24.3 Å². The van der Waals surface area contributed by atoms with Gasteiger partial charge < -0.3 is 31.0 Å². The number of aliphatic hydroxyl groups excluding tert-OH is 1. The lowest BCUT2D eigenvalue weighted by Gasteiger charge is -2.26. The lowest BCUT2D eigenvalue weighted by molar-refractivity contribution is -0.103. The largest absolute Gasteiger partial charge is 0.388 e. The number of benzene rings is 1. The van der Waals surface area contributed by atoms with Crippen molar-refractivity contribution < 1.29 is 23.4 Å². The van der Waals surface area contributed by atoms with Crippen LogP contribution in [0.25, 0.3) is 11.3 Å². The number of pyridine rings is 1. The van der Waals surface area contributed by atoms with Crippen LogP contribution in [0.5, 0.6) is 0 Å². The summed E-state index contributed by atoms with van der Waals surface area (Å²) in [5.41, 5.74) is 7.44. The molecule has 5 N–H and O–H groups in total. The van der Waals surface area contributed by atoms with Gasteiger partial charge >= 0.3 is 0 Å². The number of nitrogens with two attached hydrogens (primary N) is 1. The molecule has 1 saturated carbocycles. The van der Waals surface area contributed by atoms with Crippen molar-refractivity contribution in [3.63, 3.8) is 0 Å². The quantitative estimate of drug-likeness (QED) is 0.119. The molecule has 10 nitrogen and oxygen atoms in total. The van der Waals surface area contributed by atoms with Crippen LogP contribution in [0, 0.1) is 24.0 Å². The Balaban J connectivity index is 1.64. The zero-order chi connectivity index (χ0) is 29.7. The topological polar surface area (TPSA) is 144 Å². The molecule has 1 fully saturated rings. The highest BCUT2D eigenvalue weighted by molar-refractivity contribution is 6.31. The van der Waals surface area contributed by atoms with Crippen LogP contribution >= 0.6 is 23.2 Å². The van der Waals surface area contributed by atoms with Crippen LogP contribution in [0.4, 0.5) is 8.78 Å². The fraction of sp³-hybridized carbons (Fsp3) is 0.407. The monoisotopic (exact) mass is 609 g/mol. The standard InChI is InChI=1S/C27H31Cl2F2N7O3/c1-3-40-13-22(33)41-26(21(39)12-34-10-16(9-32)18-6-7-19(29)24(31)23(18)30)27-36-14(2)37-38(27)20-8-17(28)11-35-25(20)15-4-5-15/h6-11,15,21-22,26,32,34,39H,3-5,12-13,33H2,1-2H3/b16-10+,32-9?/t21-,22?,26?/m0/s1. The Labute approximate surface area is 246 Å². The third-order valence-corrected chi connectivity index (χ3v) is 6.79. The minimum atomic E-state index is -1.27. The van der Waals surface area contributed by atoms with Crippen LogP contribution < -0.4 is 11.1 Å². The van der Waals surface area contributed by atoms with E-state index in [2.05, 4.69) is 20.4 Å². The molecule has 2 unspecified atom stereocenters. The average molecular weight is 610 g/mol. The normalized spacial score (nSPS) is 16.0. The predicted octanol–water partition coefficient (Wildman–Crippen LogP) is 4.45. The second kappa shape index (κ2) is 13.8. The number of rotatable bonds is 14. The SMILES string of the molecule is CCOCC(N)OC(c1nc(C)nn1-c1cc(Cl)cnc1C1CC1)[C@@H](O)CN/C=C(\C=N)c1ccc(Cl)c(F)c1F. The van der Waals surface area contributed by atoms with Gasteiger partial charge in [0.25, 0.3) is 0 Å². The first-order valence-corrected chi connectivity index (χ1v) is 13.7. The molecule has 2 aromatic heterocycles. The number of nitrogens with zero attached hydrogens (tertiary/aromatic N) is 4. The minimum Gasteiger partial charge on any atom is -0.388 e. The molecule has 0 bridgehead atoms. The number of allylic oxidation sites excluding steroid dienone is 1. The first-order chi connectivity index (χ1) is 19.6. The van der Waals surface area contributed by atoms with E-state index >= 15 is 0 Å². The molecule has 3 aromatic rings. The molecule has 4 rings (SSSR count). The zero-order valence-corrected chi connectivity index (χ0v) is 24.0. The molecule has 1 aromatic carbocycles. The van der Waals surface area contributed by atoms with Crippen molar-refractivity contribution in [2.45, 2.75) is 51.0 Å². The molecule has 3 atom stereocenters. The number of hydrogen-bond acceptors (Lipinski definition) is 9.